The summed E-state index contributed by atoms with van der Waals surface area (Å²) in [6.07, 6.45) is 2.87. The van der Waals surface area contributed by atoms with E-state index in [1.54, 1.807) is 36.4 Å². The molecule has 0 bridgehead atoms. The van der Waals surface area contributed by atoms with Gasteiger partial charge in [-0.15, -0.1) is 0 Å². The molecule has 0 unspecified atom stereocenters. The summed E-state index contributed by atoms with van der Waals surface area (Å²) in [5.74, 6) is 0.827. The summed E-state index contributed by atoms with van der Waals surface area (Å²) in [6, 6.07) is 11.0. The lowest BCUT2D eigenvalue weighted by atomic mass is 10.2. The number of urea groups is 1. The molecule has 0 aromatic heterocycles. The van der Waals surface area contributed by atoms with E-state index in [4.69, 9.17) is 9.47 Å². The molecule has 2 aromatic carbocycles. The van der Waals surface area contributed by atoms with Gasteiger partial charge in [0.05, 0.1) is 13.2 Å². The van der Waals surface area contributed by atoms with Crippen LogP contribution in [0.4, 0.5) is 14.9 Å². The van der Waals surface area contributed by atoms with Gasteiger partial charge >= 0.3 is 6.03 Å². The summed E-state index contributed by atoms with van der Waals surface area (Å²) in [5, 5.41) is 5.21. The molecule has 6 heteroatoms. The predicted molar refractivity (Wildman–Crippen MR) is 96.4 cm³/mol. The van der Waals surface area contributed by atoms with Gasteiger partial charge in [0.25, 0.3) is 0 Å². The smallest absolute Gasteiger partial charge is 0.323 e. The quantitative estimate of drug-likeness (QED) is 0.782. The van der Waals surface area contributed by atoms with E-state index >= 15 is 0 Å². The highest BCUT2D eigenvalue weighted by Gasteiger charge is 2.07. The van der Waals surface area contributed by atoms with Crippen molar-refractivity contribution >= 4 is 17.8 Å². The van der Waals surface area contributed by atoms with Crippen LogP contribution in [0, 0.1) is 5.82 Å². The summed E-state index contributed by atoms with van der Waals surface area (Å²) >= 11 is 0. The van der Waals surface area contributed by atoms with Gasteiger partial charge in [-0.2, -0.15) is 0 Å². The van der Waals surface area contributed by atoms with Crippen molar-refractivity contribution in [3.05, 3.63) is 60.0 Å². The monoisotopic (exact) mass is 344 g/mol. The van der Waals surface area contributed by atoms with Crippen LogP contribution in [-0.4, -0.2) is 19.2 Å². The highest BCUT2D eigenvalue weighted by Crippen LogP contribution is 2.30. The maximum Gasteiger partial charge on any atom is 0.323 e. The molecule has 132 valence electrons. The van der Waals surface area contributed by atoms with Crippen LogP contribution in [0.1, 0.15) is 19.4 Å². The number of rotatable bonds is 7. The summed E-state index contributed by atoms with van der Waals surface area (Å²) in [7, 11) is 0. The number of anilines is 1. The van der Waals surface area contributed by atoms with Crippen molar-refractivity contribution in [1.82, 2.24) is 5.32 Å². The number of benzene rings is 2. The number of carbonyl (C=O) groups excluding carboxylic acids is 1. The fraction of sp³-hybridized carbons (Fsp3) is 0.211. The first kappa shape index (κ1) is 18.3. The molecule has 0 atom stereocenters. The molecule has 25 heavy (non-hydrogen) atoms. The van der Waals surface area contributed by atoms with Crippen molar-refractivity contribution < 1.29 is 18.7 Å². The number of amides is 2. The van der Waals surface area contributed by atoms with Gasteiger partial charge in [0.1, 0.15) is 5.82 Å². The van der Waals surface area contributed by atoms with Crippen molar-refractivity contribution in [2.24, 2.45) is 0 Å². The van der Waals surface area contributed by atoms with E-state index < -0.39 is 6.03 Å². The first-order valence-corrected chi connectivity index (χ1v) is 8.02. The molecule has 2 N–H and O–H groups in total. The van der Waals surface area contributed by atoms with Crippen molar-refractivity contribution in [3.8, 4) is 11.5 Å². The molecule has 0 spiro atoms. The SMILES string of the molecule is CCOc1ccc(NC(=O)N/C=C/c2ccccc2F)cc1OCC. The molecular weight excluding hydrogens is 323 g/mol. The molecule has 0 aliphatic heterocycles. The Morgan fingerprint density at radius 1 is 1.08 bits per heavy atom. The van der Waals surface area contributed by atoms with Gasteiger partial charge in [0.2, 0.25) is 0 Å². The van der Waals surface area contributed by atoms with E-state index in [0.717, 1.165) is 0 Å². The number of carbonyl (C=O) groups is 1. The van der Waals surface area contributed by atoms with Gasteiger partial charge in [-0.1, -0.05) is 18.2 Å². The van der Waals surface area contributed by atoms with Crippen LogP contribution >= 0.6 is 0 Å². The van der Waals surface area contributed by atoms with E-state index in [1.807, 2.05) is 13.8 Å². The molecular formula is C19H21FN2O3. The van der Waals surface area contributed by atoms with Gasteiger partial charge in [-0.05, 0) is 38.1 Å². The first-order chi connectivity index (χ1) is 12.1. The van der Waals surface area contributed by atoms with Gasteiger partial charge in [-0.25, -0.2) is 9.18 Å². The molecule has 0 aliphatic rings. The first-order valence-electron chi connectivity index (χ1n) is 8.02. The summed E-state index contributed by atoms with van der Waals surface area (Å²) in [5.41, 5.74) is 0.950. The minimum Gasteiger partial charge on any atom is -0.490 e. The van der Waals surface area contributed by atoms with Crippen LogP contribution in [0.15, 0.2) is 48.7 Å². The van der Waals surface area contributed by atoms with Gasteiger partial charge < -0.3 is 20.1 Å². The summed E-state index contributed by atoms with van der Waals surface area (Å²) in [4.78, 5) is 11.9. The van der Waals surface area contributed by atoms with E-state index in [2.05, 4.69) is 10.6 Å². The van der Waals surface area contributed by atoms with Crippen LogP contribution in [0.25, 0.3) is 6.08 Å². The zero-order valence-electron chi connectivity index (χ0n) is 14.2. The molecule has 2 aromatic rings. The zero-order valence-corrected chi connectivity index (χ0v) is 14.2. The second kappa shape index (κ2) is 9.32. The van der Waals surface area contributed by atoms with Gasteiger partial charge in [-0.3, -0.25) is 0 Å². The molecule has 0 heterocycles. The van der Waals surface area contributed by atoms with E-state index in [1.165, 1.54) is 18.3 Å². The average molecular weight is 344 g/mol. The summed E-state index contributed by atoms with van der Waals surface area (Å²) in [6.45, 7) is 4.77. The maximum atomic E-state index is 13.5. The Kier molecular flexibility index (Phi) is 6.83. The number of hydrogen-bond donors (Lipinski definition) is 2. The van der Waals surface area contributed by atoms with Crippen LogP contribution in [0.5, 0.6) is 11.5 Å². The lowest BCUT2D eigenvalue weighted by Gasteiger charge is -2.12. The second-order valence-electron chi connectivity index (χ2n) is 4.98. The van der Waals surface area contributed by atoms with Gasteiger partial charge in [0, 0.05) is 23.5 Å². The second-order valence-corrected chi connectivity index (χ2v) is 4.98. The lowest BCUT2D eigenvalue weighted by Crippen LogP contribution is -2.23. The topological polar surface area (TPSA) is 59.6 Å². The number of nitrogens with one attached hydrogen (secondary N) is 2. The molecule has 0 radical (unpaired) electrons. The predicted octanol–water partition coefficient (Wildman–Crippen LogP) is 4.42. The zero-order chi connectivity index (χ0) is 18.1. The fourth-order valence-electron chi connectivity index (χ4n) is 2.11. The molecule has 2 amide bonds. The van der Waals surface area contributed by atoms with Crippen molar-refractivity contribution in [3.63, 3.8) is 0 Å². The Morgan fingerprint density at radius 2 is 1.80 bits per heavy atom. The van der Waals surface area contributed by atoms with E-state index in [0.29, 0.717) is 36.0 Å². The Balaban J connectivity index is 1.98. The largest absolute Gasteiger partial charge is 0.490 e. The highest BCUT2D eigenvalue weighted by atomic mass is 19.1. The van der Waals surface area contributed by atoms with Crippen molar-refractivity contribution in [1.29, 1.82) is 0 Å². The number of halogens is 1. The van der Waals surface area contributed by atoms with Crippen molar-refractivity contribution in [2.45, 2.75) is 13.8 Å². The normalized spacial score (nSPS) is 10.5. The Hall–Kier alpha value is -3.02. The molecule has 5 nitrogen and oxygen atoms in total. The van der Waals surface area contributed by atoms with Gasteiger partial charge in [0.15, 0.2) is 11.5 Å². The van der Waals surface area contributed by atoms with Crippen LogP contribution in [-0.2, 0) is 0 Å². The van der Waals surface area contributed by atoms with Crippen LogP contribution in [0.3, 0.4) is 0 Å². The van der Waals surface area contributed by atoms with E-state index in [-0.39, 0.29) is 5.82 Å². The number of ether oxygens (including phenoxy) is 2. The maximum absolute atomic E-state index is 13.5. The molecule has 0 aliphatic carbocycles. The Bertz CT molecular complexity index is 747. The number of hydrogen-bond acceptors (Lipinski definition) is 3. The third-order valence-corrected chi connectivity index (χ3v) is 3.18. The highest BCUT2D eigenvalue weighted by molar-refractivity contribution is 5.90. The third-order valence-electron chi connectivity index (χ3n) is 3.18. The van der Waals surface area contributed by atoms with Crippen LogP contribution in [0.2, 0.25) is 0 Å². The molecule has 0 saturated carbocycles. The minimum absolute atomic E-state index is 0.353. The summed E-state index contributed by atoms with van der Waals surface area (Å²) < 4.78 is 24.5. The lowest BCUT2D eigenvalue weighted by molar-refractivity contribution is 0.255. The average Bonchev–Trinajstić information content (AvgIpc) is 2.59. The minimum atomic E-state index is -0.445. The molecule has 2 rings (SSSR count). The Labute approximate surface area is 146 Å². The molecule has 0 fully saturated rings. The van der Waals surface area contributed by atoms with E-state index in [9.17, 15) is 9.18 Å². The van der Waals surface area contributed by atoms with Crippen LogP contribution < -0.4 is 20.1 Å². The Morgan fingerprint density at radius 3 is 2.52 bits per heavy atom. The fourth-order valence-corrected chi connectivity index (χ4v) is 2.11. The standard InChI is InChI=1S/C19H21FN2O3/c1-3-24-17-10-9-15(13-18(17)25-4-2)22-19(23)21-12-11-14-7-5-6-8-16(14)20/h5-13H,3-4H2,1-2H3,(H2,21,22,23)/b12-11+. The van der Waals surface area contributed by atoms with Crippen molar-refractivity contribution in [2.75, 3.05) is 18.5 Å². The molecule has 0 saturated heterocycles. The third kappa shape index (κ3) is 5.53.